The highest BCUT2D eigenvalue weighted by Gasteiger charge is 2.24. The van der Waals surface area contributed by atoms with Crippen molar-refractivity contribution in [1.82, 2.24) is 9.55 Å². The monoisotopic (exact) mass is 321 g/mol. The van der Waals surface area contributed by atoms with Crippen LogP contribution < -0.4 is 5.32 Å². The minimum absolute atomic E-state index is 0.310. The molecule has 0 spiro atoms. The Morgan fingerprint density at radius 2 is 2.21 bits per heavy atom. The number of aromatic nitrogens is 2. The number of nitrogens with zero attached hydrogens (tertiary/aromatic N) is 2. The summed E-state index contributed by atoms with van der Waals surface area (Å²) < 4.78 is 1.94. The Hall–Kier alpha value is -2.82. The molecule has 0 bridgehead atoms. The third-order valence-corrected chi connectivity index (χ3v) is 4.56. The van der Waals surface area contributed by atoms with E-state index in [0.717, 1.165) is 40.0 Å². The summed E-state index contributed by atoms with van der Waals surface area (Å²) >= 11 is 0. The van der Waals surface area contributed by atoms with Gasteiger partial charge in [-0.15, -0.1) is 0 Å². The number of aromatic hydroxyl groups is 1. The number of anilines is 1. The summed E-state index contributed by atoms with van der Waals surface area (Å²) in [5, 5.41) is 15.0. The average molecular weight is 321 g/mol. The van der Waals surface area contributed by atoms with Crippen LogP contribution in [0.3, 0.4) is 0 Å². The highest BCUT2D eigenvalue weighted by Crippen LogP contribution is 2.37. The molecule has 122 valence electrons. The van der Waals surface area contributed by atoms with E-state index in [1.165, 1.54) is 12.8 Å². The number of rotatable bonds is 5. The minimum Gasteiger partial charge on any atom is -0.494 e. The molecule has 0 aliphatic heterocycles. The zero-order valence-corrected chi connectivity index (χ0v) is 13.5. The first-order chi connectivity index (χ1) is 11.7. The highest BCUT2D eigenvalue weighted by molar-refractivity contribution is 5.92. The molecule has 0 radical (unpaired) electrons. The second-order valence-corrected chi connectivity index (χ2v) is 6.45. The quantitative estimate of drug-likeness (QED) is 0.704. The normalized spacial score (nSPS) is 14.0. The fourth-order valence-corrected chi connectivity index (χ4v) is 3.16. The number of aryl methyl sites for hydroxylation is 1. The molecule has 0 atom stereocenters. The number of hydrogen-bond donors (Lipinski definition) is 2. The van der Waals surface area contributed by atoms with Gasteiger partial charge in [0.1, 0.15) is 0 Å². The maximum Gasteiger partial charge on any atom is 0.211 e. The molecule has 2 heterocycles. The van der Waals surface area contributed by atoms with Crippen LogP contribution in [-0.2, 0) is 11.3 Å². The van der Waals surface area contributed by atoms with Gasteiger partial charge in [-0.05, 0) is 43.9 Å². The second-order valence-electron chi connectivity index (χ2n) is 6.45. The Bertz CT molecular complexity index is 926. The van der Waals surface area contributed by atoms with Crippen molar-refractivity contribution >= 4 is 22.9 Å². The van der Waals surface area contributed by atoms with Crippen LogP contribution in [0.5, 0.6) is 5.88 Å². The van der Waals surface area contributed by atoms with E-state index in [0.29, 0.717) is 18.2 Å². The Labute approximate surface area is 139 Å². The van der Waals surface area contributed by atoms with Gasteiger partial charge in [-0.2, -0.15) is 0 Å². The molecule has 1 saturated carbocycles. The molecule has 2 aromatic heterocycles. The topological polar surface area (TPSA) is 67.2 Å². The van der Waals surface area contributed by atoms with Crippen molar-refractivity contribution in [3.8, 4) is 17.1 Å². The third-order valence-electron chi connectivity index (χ3n) is 4.56. The summed E-state index contributed by atoms with van der Waals surface area (Å²) in [6.45, 7) is 2.79. The van der Waals surface area contributed by atoms with E-state index in [1.807, 2.05) is 48.0 Å². The molecule has 0 unspecified atom stereocenters. The summed E-state index contributed by atoms with van der Waals surface area (Å²) in [5.74, 6) is 1.00. The number of fused-ring (bicyclic) bond motifs is 1. The first kappa shape index (κ1) is 14.8. The van der Waals surface area contributed by atoms with Crippen LogP contribution in [-0.4, -0.2) is 21.1 Å². The van der Waals surface area contributed by atoms with Crippen LogP contribution in [0.4, 0.5) is 5.69 Å². The predicted octanol–water partition coefficient (Wildman–Crippen LogP) is 3.70. The van der Waals surface area contributed by atoms with Gasteiger partial charge in [-0.3, -0.25) is 9.78 Å². The SMILES string of the molecule is Cc1nc(-c2cccc(NC=O)c2)cc2cn(CC3CC3)c(O)c12. The third kappa shape index (κ3) is 2.62. The number of benzene rings is 1. The van der Waals surface area contributed by atoms with E-state index in [2.05, 4.69) is 10.3 Å². The molecule has 0 saturated heterocycles. The molecule has 3 aromatic rings. The van der Waals surface area contributed by atoms with E-state index >= 15 is 0 Å². The lowest BCUT2D eigenvalue weighted by molar-refractivity contribution is -0.105. The van der Waals surface area contributed by atoms with Gasteiger partial charge in [0.25, 0.3) is 0 Å². The van der Waals surface area contributed by atoms with Crippen molar-refractivity contribution in [2.75, 3.05) is 5.32 Å². The van der Waals surface area contributed by atoms with Gasteiger partial charge in [0.15, 0.2) is 0 Å². The molecular formula is C19H19N3O2. The van der Waals surface area contributed by atoms with Crippen molar-refractivity contribution < 1.29 is 9.90 Å². The van der Waals surface area contributed by atoms with Crippen molar-refractivity contribution in [2.24, 2.45) is 5.92 Å². The van der Waals surface area contributed by atoms with Crippen molar-refractivity contribution in [3.63, 3.8) is 0 Å². The number of amides is 1. The molecule has 1 amide bonds. The predicted molar refractivity (Wildman–Crippen MR) is 94.0 cm³/mol. The molecule has 1 aromatic carbocycles. The summed E-state index contributed by atoms with van der Waals surface area (Å²) in [6.07, 6.45) is 5.16. The Balaban J connectivity index is 1.79. The van der Waals surface area contributed by atoms with Crippen LogP contribution in [0.1, 0.15) is 18.5 Å². The zero-order chi connectivity index (χ0) is 16.7. The smallest absolute Gasteiger partial charge is 0.211 e. The van der Waals surface area contributed by atoms with E-state index in [-0.39, 0.29) is 0 Å². The molecule has 5 heteroatoms. The summed E-state index contributed by atoms with van der Waals surface area (Å²) in [4.78, 5) is 15.3. The number of nitrogens with one attached hydrogen (secondary N) is 1. The lowest BCUT2D eigenvalue weighted by atomic mass is 10.1. The minimum atomic E-state index is 0.310. The average Bonchev–Trinajstić information content (AvgIpc) is 3.32. The Morgan fingerprint density at radius 3 is 2.96 bits per heavy atom. The zero-order valence-electron chi connectivity index (χ0n) is 13.5. The van der Waals surface area contributed by atoms with Gasteiger partial charge < -0.3 is 15.0 Å². The van der Waals surface area contributed by atoms with Gasteiger partial charge in [0.2, 0.25) is 12.3 Å². The van der Waals surface area contributed by atoms with Crippen molar-refractivity contribution in [1.29, 1.82) is 0 Å². The number of carbonyl (C=O) groups excluding carboxylic acids is 1. The molecule has 1 aliphatic rings. The Morgan fingerprint density at radius 1 is 1.38 bits per heavy atom. The van der Waals surface area contributed by atoms with Gasteiger partial charge in [-0.25, -0.2) is 0 Å². The van der Waals surface area contributed by atoms with E-state index in [9.17, 15) is 9.90 Å². The molecular weight excluding hydrogens is 302 g/mol. The van der Waals surface area contributed by atoms with E-state index in [4.69, 9.17) is 0 Å². The number of pyridine rings is 1. The molecule has 1 aliphatic carbocycles. The molecule has 4 rings (SSSR count). The number of hydrogen-bond acceptors (Lipinski definition) is 3. The van der Waals surface area contributed by atoms with Gasteiger partial charge in [0.05, 0.1) is 16.8 Å². The second kappa shape index (κ2) is 5.67. The van der Waals surface area contributed by atoms with Crippen molar-refractivity contribution in [3.05, 3.63) is 42.2 Å². The van der Waals surface area contributed by atoms with Crippen LogP contribution >= 0.6 is 0 Å². The lowest BCUT2D eigenvalue weighted by Crippen LogP contribution is -1.96. The van der Waals surface area contributed by atoms with Crippen LogP contribution in [0, 0.1) is 12.8 Å². The van der Waals surface area contributed by atoms with Gasteiger partial charge in [0, 0.05) is 29.4 Å². The van der Waals surface area contributed by atoms with Gasteiger partial charge >= 0.3 is 0 Å². The summed E-state index contributed by atoms with van der Waals surface area (Å²) in [5.41, 5.74) is 3.30. The molecule has 5 nitrogen and oxygen atoms in total. The molecule has 2 N–H and O–H groups in total. The summed E-state index contributed by atoms with van der Waals surface area (Å²) in [6, 6.07) is 9.57. The first-order valence-corrected chi connectivity index (χ1v) is 8.16. The maximum absolute atomic E-state index is 10.6. The van der Waals surface area contributed by atoms with Crippen molar-refractivity contribution in [2.45, 2.75) is 26.3 Å². The fraction of sp³-hybridized carbons (Fsp3) is 0.263. The Kier molecular flexibility index (Phi) is 3.49. The highest BCUT2D eigenvalue weighted by atomic mass is 16.3. The molecule has 1 fully saturated rings. The van der Waals surface area contributed by atoms with E-state index in [1.54, 1.807) is 0 Å². The maximum atomic E-state index is 10.6. The standard InChI is InChI=1S/C19H19N3O2/c1-12-18-15(10-22(19(18)24)9-13-5-6-13)8-17(21-12)14-3-2-4-16(7-14)20-11-23/h2-4,7-8,10-11,13,24H,5-6,9H2,1H3,(H,20,23). The van der Waals surface area contributed by atoms with Gasteiger partial charge in [-0.1, -0.05) is 12.1 Å². The largest absolute Gasteiger partial charge is 0.494 e. The fourth-order valence-electron chi connectivity index (χ4n) is 3.16. The van der Waals surface area contributed by atoms with E-state index < -0.39 is 0 Å². The lowest BCUT2D eigenvalue weighted by Gasteiger charge is -2.06. The summed E-state index contributed by atoms with van der Waals surface area (Å²) in [7, 11) is 0. The molecule has 24 heavy (non-hydrogen) atoms. The van der Waals surface area contributed by atoms with Crippen LogP contribution in [0.2, 0.25) is 0 Å². The number of carbonyl (C=O) groups is 1. The van der Waals surface area contributed by atoms with Crippen LogP contribution in [0.25, 0.3) is 22.0 Å². The first-order valence-electron chi connectivity index (χ1n) is 8.16. The van der Waals surface area contributed by atoms with Crippen LogP contribution in [0.15, 0.2) is 36.5 Å².